The Labute approximate surface area is 205 Å². The van der Waals surface area contributed by atoms with Crippen LogP contribution in [0.25, 0.3) is 0 Å². The van der Waals surface area contributed by atoms with Gasteiger partial charge in [-0.1, -0.05) is 25.5 Å². The number of likely N-dealkylation sites (tertiary alicyclic amines) is 1. The smallest absolute Gasteiger partial charge is 0.229 e. The van der Waals surface area contributed by atoms with Crippen LogP contribution < -0.4 is 14.8 Å². The van der Waals surface area contributed by atoms with Gasteiger partial charge in [0.05, 0.1) is 6.26 Å². The van der Waals surface area contributed by atoms with Gasteiger partial charge in [-0.15, -0.1) is 24.8 Å². The van der Waals surface area contributed by atoms with Crippen LogP contribution in [0.2, 0.25) is 0 Å². The van der Waals surface area contributed by atoms with Gasteiger partial charge < -0.3 is 10.1 Å². The number of hydrogen-bond acceptors (Lipinski definition) is 5. The summed E-state index contributed by atoms with van der Waals surface area (Å²) in [6, 6.07) is 15.7. The minimum absolute atomic E-state index is 0. The molecule has 1 fully saturated rings. The minimum Gasteiger partial charge on any atom is -0.457 e. The highest BCUT2D eigenvalue weighted by molar-refractivity contribution is 7.92. The predicted octanol–water partition coefficient (Wildman–Crippen LogP) is 5.05. The van der Waals surface area contributed by atoms with Gasteiger partial charge >= 0.3 is 0 Å². The molecule has 2 aromatic rings. The molecule has 0 radical (unpaired) electrons. The largest absolute Gasteiger partial charge is 0.457 e. The van der Waals surface area contributed by atoms with Crippen molar-refractivity contribution in [3.05, 3.63) is 54.1 Å². The van der Waals surface area contributed by atoms with Gasteiger partial charge in [0.15, 0.2) is 0 Å². The van der Waals surface area contributed by atoms with E-state index < -0.39 is 10.0 Å². The van der Waals surface area contributed by atoms with Gasteiger partial charge in [-0.3, -0.25) is 9.62 Å². The number of halogens is 2. The zero-order valence-corrected chi connectivity index (χ0v) is 21.2. The molecule has 0 aliphatic carbocycles. The molecule has 1 aliphatic rings. The van der Waals surface area contributed by atoms with Crippen molar-refractivity contribution in [2.24, 2.45) is 0 Å². The van der Waals surface area contributed by atoms with Crippen molar-refractivity contribution < 1.29 is 13.2 Å². The summed E-state index contributed by atoms with van der Waals surface area (Å²) in [5.41, 5.74) is 1.80. The zero-order chi connectivity index (χ0) is 21.4. The SMILES string of the molecule is CCCCNC1CCN(Cc2ccc(Oc3ccc(NS(C)(=O)=O)cc3)cc2)CC1.Cl.Cl. The Kier molecular flexibility index (Phi) is 12.4. The number of benzene rings is 2. The first-order chi connectivity index (χ1) is 14.4. The molecule has 1 saturated heterocycles. The highest BCUT2D eigenvalue weighted by atomic mass is 35.5. The molecule has 0 aromatic heterocycles. The van der Waals surface area contributed by atoms with Gasteiger partial charge in [-0.2, -0.15) is 0 Å². The first-order valence-electron chi connectivity index (χ1n) is 10.7. The summed E-state index contributed by atoms with van der Waals surface area (Å²) in [4.78, 5) is 2.52. The molecule has 32 heavy (non-hydrogen) atoms. The lowest BCUT2D eigenvalue weighted by molar-refractivity contribution is 0.190. The van der Waals surface area contributed by atoms with Crippen LogP contribution in [-0.2, 0) is 16.6 Å². The van der Waals surface area contributed by atoms with Gasteiger partial charge in [0.2, 0.25) is 10.0 Å². The van der Waals surface area contributed by atoms with Crippen LogP contribution in [0.5, 0.6) is 11.5 Å². The van der Waals surface area contributed by atoms with Crippen LogP contribution in [0, 0.1) is 0 Å². The number of unbranched alkanes of at least 4 members (excludes halogenated alkanes) is 1. The van der Waals surface area contributed by atoms with Gasteiger partial charge in [0.25, 0.3) is 0 Å². The molecule has 0 amide bonds. The maximum atomic E-state index is 11.3. The fourth-order valence-electron chi connectivity index (χ4n) is 3.64. The van der Waals surface area contributed by atoms with Gasteiger partial charge in [0, 0.05) is 18.3 Å². The lowest BCUT2D eigenvalue weighted by Gasteiger charge is -2.32. The molecule has 0 atom stereocenters. The van der Waals surface area contributed by atoms with E-state index in [1.807, 2.05) is 12.1 Å². The van der Waals surface area contributed by atoms with Crippen molar-refractivity contribution in [1.82, 2.24) is 10.2 Å². The van der Waals surface area contributed by atoms with Crippen LogP contribution in [0.15, 0.2) is 48.5 Å². The summed E-state index contributed by atoms with van der Waals surface area (Å²) in [5.74, 6) is 1.43. The van der Waals surface area contributed by atoms with E-state index in [0.717, 1.165) is 38.2 Å². The first-order valence-corrected chi connectivity index (χ1v) is 12.6. The van der Waals surface area contributed by atoms with Crippen LogP contribution in [0.1, 0.15) is 38.2 Å². The third kappa shape index (κ3) is 9.96. The van der Waals surface area contributed by atoms with E-state index in [0.29, 0.717) is 17.5 Å². The molecule has 6 nitrogen and oxygen atoms in total. The maximum absolute atomic E-state index is 11.3. The quantitative estimate of drug-likeness (QED) is 0.444. The Morgan fingerprint density at radius 1 is 0.969 bits per heavy atom. The third-order valence-electron chi connectivity index (χ3n) is 5.27. The monoisotopic (exact) mass is 503 g/mol. The Bertz CT molecular complexity index is 886. The van der Waals surface area contributed by atoms with Gasteiger partial charge in [-0.05, 0) is 80.9 Å². The van der Waals surface area contributed by atoms with Crippen molar-refractivity contribution in [2.75, 3.05) is 30.6 Å². The molecule has 180 valence electrons. The van der Waals surface area contributed by atoms with Crippen molar-refractivity contribution in [2.45, 2.75) is 45.2 Å². The van der Waals surface area contributed by atoms with E-state index in [-0.39, 0.29) is 24.8 Å². The summed E-state index contributed by atoms with van der Waals surface area (Å²) in [6.45, 7) is 6.61. The highest BCUT2D eigenvalue weighted by Crippen LogP contribution is 2.24. The van der Waals surface area contributed by atoms with Crippen molar-refractivity contribution in [3.63, 3.8) is 0 Å². The minimum atomic E-state index is -3.27. The molecule has 0 unspecified atom stereocenters. The molecule has 9 heteroatoms. The van der Waals surface area contributed by atoms with E-state index in [1.54, 1.807) is 24.3 Å². The Morgan fingerprint density at radius 3 is 2.06 bits per heavy atom. The molecule has 0 bridgehead atoms. The maximum Gasteiger partial charge on any atom is 0.229 e. The number of rotatable bonds is 10. The number of hydrogen-bond donors (Lipinski definition) is 2. The Balaban J connectivity index is 0.00000256. The van der Waals surface area contributed by atoms with Crippen molar-refractivity contribution in [1.29, 1.82) is 0 Å². The third-order valence-corrected chi connectivity index (χ3v) is 5.88. The van der Waals surface area contributed by atoms with Crippen LogP contribution in [0.3, 0.4) is 0 Å². The van der Waals surface area contributed by atoms with Crippen LogP contribution in [0.4, 0.5) is 5.69 Å². The molecule has 0 spiro atoms. The van der Waals surface area contributed by atoms with Gasteiger partial charge in [0.1, 0.15) is 11.5 Å². The van der Waals surface area contributed by atoms with Gasteiger partial charge in [-0.25, -0.2) is 8.42 Å². The second-order valence-electron chi connectivity index (χ2n) is 8.00. The number of nitrogens with zero attached hydrogens (tertiary/aromatic N) is 1. The molecule has 1 aliphatic heterocycles. The number of anilines is 1. The summed E-state index contributed by atoms with van der Waals surface area (Å²) < 4.78 is 30.9. The predicted molar refractivity (Wildman–Crippen MR) is 137 cm³/mol. The lowest BCUT2D eigenvalue weighted by Crippen LogP contribution is -2.42. The van der Waals surface area contributed by atoms with E-state index in [2.05, 4.69) is 34.0 Å². The molecular weight excluding hydrogens is 469 g/mol. The second-order valence-corrected chi connectivity index (χ2v) is 9.75. The number of nitrogens with one attached hydrogen (secondary N) is 2. The molecule has 2 N–H and O–H groups in total. The zero-order valence-electron chi connectivity index (χ0n) is 18.7. The van der Waals surface area contributed by atoms with Crippen molar-refractivity contribution in [3.8, 4) is 11.5 Å². The van der Waals surface area contributed by atoms with E-state index in [1.165, 1.54) is 31.2 Å². The fraction of sp³-hybridized carbons (Fsp3) is 0.478. The molecule has 2 aromatic carbocycles. The first kappa shape index (κ1) is 28.5. The molecule has 3 rings (SSSR count). The fourth-order valence-corrected chi connectivity index (χ4v) is 4.20. The lowest BCUT2D eigenvalue weighted by atomic mass is 10.0. The standard InChI is InChI=1S/C23H33N3O3S.2ClH/c1-3-4-15-24-20-13-16-26(17-14-20)18-19-5-9-22(10-6-19)29-23-11-7-21(8-12-23)25-30(2,27)28;;/h5-12,20,24-25H,3-4,13-18H2,1-2H3;2*1H. The van der Waals surface area contributed by atoms with Crippen LogP contribution in [-0.4, -0.2) is 45.2 Å². The molecule has 0 saturated carbocycles. The molecule has 1 heterocycles. The normalized spacial score (nSPS) is 14.8. The van der Waals surface area contributed by atoms with E-state index >= 15 is 0 Å². The van der Waals surface area contributed by atoms with Crippen LogP contribution >= 0.6 is 24.8 Å². The Hall–Kier alpha value is -1.51. The van der Waals surface area contributed by atoms with Crippen molar-refractivity contribution >= 4 is 40.5 Å². The average molecular weight is 505 g/mol. The summed E-state index contributed by atoms with van der Waals surface area (Å²) in [7, 11) is -3.27. The van der Waals surface area contributed by atoms with E-state index in [9.17, 15) is 8.42 Å². The summed E-state index contributed by atoms with van der Waals surface area (Å²) >= 11 is 0. The second kappa shape index (κ2) is 13.9. The number of piperidine rings is 1. The summed E-state index contributed by atoms with van der Waals surface area (Å²) in [6.07, 6.45) is 6.07. The number of sulfonamides is 1. The Morgan fingerprint density at radius 2 is 1.53 bits per heavy atom. The molecular formula is C23H35Cl2N3O3S. The average Bonchev–Trinajstić information content (AvgIpc) is 2.71. The summed E-state index contributed by atoms with van der Waals surface area (Å²) in [5, 5.41) is 3.68. The number of ether oxygens (including phenoxy) is 1. The topological polar surface area (TPSA) is 70.7 Å². The van der Waals surface area contributed by atoms with E-state index in [4.69, 9.17) is 4.74 Å². The highest BCUT2D eigenvalue weighted by Gasteiger charge is 2.18.